The van der Waals surface area contributed by atoms with E-state index in [2.05, 4.69) is 24.2 Å². The Kier molecular flexibility index (Phi) is 8.11. The molecule has 1 atom stereocenters. The number of aromatic nitrogens is 3. The molecule has 2 aromatic carbocycles. The summed E-state index contributed by atoms with van der Waals surface area (Å²) in [5, 5.41) is 19.4. The van der Waals surface area contributed by atoms with Crippen LogP contribution in [-0.4, -0.2) is 32.5 Å². The third kappa shape index (κ3) is 5.92. The van der Waals surface area contributed by atoms with Crippen LogP contribution >= 0.6 is 11.6 Å². The van der Waals surface area contributed by atoms with Crippen LogP contribution < -0.4 is 5.56 Å². The third-order valence-electron chi connectivity index (χ3n) is 5.51. The number of ether oxygens (including phenoxy) is 1. The monoisotopic (exact) mass is 472 g/mol. The minimum Gasteiger partial charge on any atom is -0.462 e. The average Bonchev–Trinajstić information content (AvgIpc) is 2.81. The molecular weight excluding hydrogens is 448 g/mol. The molecule has 0 amide bonds. The topological polar surface area (TPSA) is 117 Å². The molecule has 0 spiro atoms. The van der Waals surface area contributed by atoms with Gasteiger partial charge in [0.25, 0.3) is 11.2 Å². The molecule has 0 saturated heterocycles. The fourth-order valence-electron chi connectivity index (χ4n) is 3.44. The Morgan fingerprint density at radius 1 is 1.24 bits per heavy atom. The minimum absolute atomic E-state index is 0.105. The summed E-state index contributed by atoms with van der Waals surface area (Å²) in [6.07, 6.45) is 4.09. The molecule has 1 aromatic heterocycles. The van der Waals surface area contributed by atoms with E-state index in [4.69, 9.17) is 16.3 Å². The zero-order valence-corrected chi connectivity index (χ0v) is 19.2. The van der Waals surface area contributed by atoms with E-state index in [-0.39, 0.29) is 28.2 Å². The first-order valence-corrected chi connectivity index (χ1v) is 11.2. The van der Waals surface area contributed by atoms with Crippen molar-refractivity contribution in [1.29, 1.82) is 0 Å². The van der Waals surface area contributed by atoms with Crippen molar-refractivity contribution in [3.63, 3.8) is 0 Å². The second-order valence-electron chi connectivity index (χ2n) is 7.83. The Morgan fingerprint density at radius 2 is 2.03 bits per heavy atom. The van der Waals surface area contributed by atoms with Crippen LogP contribution in [0.4, 0.5) is 5.69 Å². The van der Waals surface area contributed by atoms with Crippen molar-refractivity contribution in [2.45, 2.75) is 46.1 Å². The summed E-state index contributed by atoms with van der Waals surface area (Å²) in [7, 11) is 0. The predicted molar refractivity (Wildman–Crippen MR) is 125 cm³/mol. The summed E-state index contributed by atoms with van der Waals surface area (Å²) in [5.41, 5.74) is 0.289. The van der Waals surface area contributed by atoms with Crippen LogP contribution in [0.3, 0.4) is 0 Å². The summed E-state index contributed by atoms with van der Waals surface area (Å²) in [6.45, 7) is 4.42. The standard InChI is InChI=1S/C23H25ClN4O5/c1-3-5-6-15(4-2)14-33-23(30)16-7-10-21-19(12-16)22(29)27(26-25-21)13-17-11-18(28(31)32)8-9-20(17)24/h7-12,15H,3-6,13-14H2,1-2H3. The quantitative estimate of drug-likeness (QED) is 0.237. The van der Waals surface area contributed by atoms with Gasteiger partial charge in [-0.05, 0) is 42.2 Å². The van der Waals surface area contributed by atoms with Crippen molar-refractivity contribution in [3.8, 4) is 0 Å². The van der Waals surface area contributed by atoms with Gasteiger partial charge in [-0.3, -0.25) is 14.9 Å². The lowest BCUT2D eigenvalue weighted by Gasteiger charge is -2.14. The molecule has 3 aromatic rings. The van der Waals surface area contributed by atoms with Gasteiger partial charge in [0, 0.05) is 17.2 Å². The van der Waals surface area contributed by atoms with Gasteiger partial charge in [0.1, 0.15) is 5.52 Å². The van der Waals surface area contributed by atoms with Crippen LogP contribution in [-0.2, 0) is 11.3 Å². The lowest BCUT2D eigenvalue weighted by atomic mass is 10.0. The van der Waals surface area contributed by atoms with Gasteiger partial charge >= 0.3 is 5.97 Å². The molecule has 0 aliphatic rings. The second kappa shape index (κ2) is 11.0. The molecule has 1 heterocycles. The van der Waals surface area contributed by atoms with E-state index in [1.807, 2.05) is 0 Å². The lowest BCUT2D eigenvalue weighted by Crippen LogP contribution is -2.25. The molecule has 0 saturated carbocycles. The number of hydrogen-bond donors (Lipinski definition) is 0. The van der Waals surface area contributed by atoms with Crippen LogP contribution in [0.15, 0.2) is 41.2 Å². The van der Waals surface area contributed by atoms with E-state index in [0.29, 0.717) is 23.6 Å². The van der Waals surface area contributed by atoms with Gasteiger partial charge in [-0.2, -0.15) is 0 Å². The molecule has 174 valence electrons. The summed E-state index contributed by atoms with van der Waals surface area (Å²) in [4.78, 5) is 36.1. The highest BCUT2D eigenvalue weighted by atomic mass is 35.5. The molecule has 3 rings (SSSR count). The van der Waals surface area contributed by atoms with Crippen molar-refractivity contribution in [2.75, 3.05) is 6.61 Å². The van der Waals surface area contributed by atoms with Gasteiger partial charge in [-0.25, -0.2) is 9.48 Å². The van der Waals surface area contributed by atoms with E-state index in [0.717, 1.165) is 30.4 Å². The molecule has 1 unspecified atom stereocenters. The van der Waals surface area contributed by atoms with Gasteiger partial charge in [0.2, 0.25) is 0 Å². The van der Waals surface area contributed by atoms with Gasteiger partial charge in [-0.15, -0.1) is 5.10 Å². The first-order chi connectivity index (χ1) is 15.8. The van der Waals surface area contributed by atoms with Crippen molar-refractivity contribution in [2.24, 2.45) is 5.92 Å². The second-order valence-corrected chi connectivity index (χ2v) is 8.24. The fraction of sp³-hybridized carbons (Fsp3) is 0.391. The van der Waals surface area contributed by atoms with Crippen molar-refractivity contribution in [3.05, 3.63) is 73.0 Å². The largest absolute Gasteiger partial charge is 0.462 e. The van der Waals surface area contributed by atoms with E-state index in [1.165, 1.54) is 24.3 Å². The molecule has 0 aliphatic carbocycles. The number of nitrogens with zero attached hydrogens (tertiary/aromatic N) is 4. The highest BCUT2D eigenvalue weighted by molar-refractivity contribution is 6.31. The number of fused-ring (bicyclic) bond motifs is 1. The number of carbonyl (C=O) groups excluding carboxylic acids is 1. The number of esters is 1. The molecule has 0 aliphatic heterocycles. The number of nitro groups is 1. The average molecular weight is 473 g/mol. The van der Waals surface area contributed by atoms with E-state index >= 15 is 0 Å². The molecule has 9 nitrogen and oxygen atoms in total. The summed E-state index contributed by atoms with van der Waals surface area (Å²) >= 11 is 6.14. The van der Waals surface area contributed by atoms with Crippen LogP contribution in [0.2, 0.25) is 5.02 Å². The zero-order valence-electron chi connectivity index (χ0n) is 18.5. The summed E-state index contributed by atoms with van der Waals surface area (Å²) < 4.78 is 6.53. The van der Waals surface area contributed by atoms with Crippen molar-refractivity contribution in [1.82, 2.24) is 15.0 Å². The zero-order chi connectivity index (χ0) is 24.0. The molecule has 33 heavy (non-hydrogen) atoms. The maximum absolute atomic E-state index is 13.0. The number of hydrogen-bond acceptors (Lipinski definition) is 7. The number of carbonyl (C=O) groups is 1. The normalized spacial score (nSPS) is 12.0. The first kappa shape index (κ1) is 24.3. The van der Waals surface area contributed by atoms with Gasteiger partial charge in [0.05, 0.1) is 29.0 Å². The highest BCUT2D eigenvalue weighted by Gasteiger charge is 2.16. The van der Waals surface area contributed by atoms with Gasteiger partial charge in [0.15, 0.2) is 0 Å². The van der Waals surface area contributed by atoms with E-state index in [9.17, 15) is 19.7 Å². The van der Waals surface area contributed by atoms with Crippen LogP contribution in [0, 0.1) is 16.0 Å². The number of halogens is 1. The maximum Gasteiger partial charge on any atom is 0.338 e. The highest BCUT2D eigenvalue weighted by Crippen LogP contribution is 2.22. The number of rotatable bonds is 10. The van der Waals surface area contributed by atoms with Crippen LogP contribution in [0.5, 0.6) is 0 Å². The summed E-state index contributed by atoms with van der Waals surface area (Å²) in [5.74, 6) is -0.200. The molecule has 0 N–H and O–H groups in total. The Balaban J connectivity index is 1.84. The smallest absolute Gasteiger partial charge is 0.338 e. The molecule has 0 bridgehead atoms. The maximum atomic E-state index is 13.0. The number of unbranched alkanes of at least 4 members (excludes halogenated alkanes) is 1. The Bertz CT molecular complexity index is 1230. The lowest BCUT2D eigenvalue weighted by molar-refractivity contribution is -0.384. The number of benzene rings is 2. The molecule has 10 heteroatoms. The fourth-order valence-corrected chi connectivity index (χ4v) is 3.62. The van der Waals surface area contributed by atoms with Crippen LogP contribution in [0.25, 0.3) is 10.9 Å². The molecule has 0 fully saturated rings. The predicted octanol–water partition coefficient (Wildman–Crippen LogP) is 4.77. The van der Waals surface area contributed by atoms with Crippen LogP contribution in [0.1, 0.15) is 55.5 Å². The Hall–Kier alpha value is -3.33. The number of nitro benzene ring substituents is 1. The van der Waals surface area contributed by atoms with Gasteiger partial charge in [-0.1, -0.05) is 49.9 Å². The third-order valence-corrected chi connectivity index (χ3v) is 5.88. The Morgan fingerprint density at radius 3 is 2.73 bits per heavy atom. The van der Waals surface area contributed by atoms with E-state index in [1.54, 1.807) is 12.1 Å². The minimum atomic E-state index is -0.544. The molecule has 0 radical (unpaired) electrons. The van der Waals surface area contributed by atoms with Crippen molar-refractivity contribution < 1.29 is 14.5 Å². The van der Waals surface area contributed by atoms with E-state index < -0.39 is 16.5 Å². The van der Waals surface area contributed by atoms with Crippen molar-refractivity contribution >= 4 is 34.2 Å². The Labute approximate surface area is 195 Å². The number of non-ortho nitro benzene ring substituents is 1. The van der Waals surface area contributed by atoms with Gasteiger partial charge < -0.3 is 4.74 Å². The summed E-state index contributed by atoms with van der Waals surface area (Å²) in [6, 6.07) is 8.49. The molecular formula is C23H25ClN4O5. The SMILES string of the molecule is CCCCC(CC)COC(=O)c1ccc2nnn(Cc3cc([N+](=O)[O-])ccc3Cl)c(=O)c2c1. The first-order valence-electron chi connectivity index (χ1n) is 10.8.